The fraction of sp³-hybridized carbons (Fsp3) is 0.524. The van der Waals surface area contributed by atoms with E-state index in [9.17, 15) is 4.79 Å². The number of hydrogen-bond donors (Lipinski definition) is 1. The fourth-order valence-corrected chi connectivity index (χ4v) is 4.41. The summed E-state index contributed by atoms with van der Waals surface area (Å²) in [5.41, 5.74) is 4.10. The molecule has 1 N–H and O–H groups in total. The Balaban J connectivity index is 1.47. The third-order valence-corrected chi connectivity index (χ3v) is 5.92. The van der Waals surface area contributed by atoms with Crippen molar-refractivity contribution in [2.75, 3.05) is 26.2 Å². The zero-order valence-corrected chi connectivity index (χ0v) is 15.7. The van der Waals surface area contributed by atoms with Gasteiger partial charge in [-0.15, -0.1) is 0 Å². The van der Waals surface area contributed by atoms with Crippen LogP contribution in [0.1, 0.15) is 40.2 Å². The zero-order chi connectivity index (χ0) is 18.1. The highest BCUT2D eigenvalue weighted by Crippen LogP contribution is 2.27. The molecule has 2 fully saturated rings. The van der Waals surface area contributed by atoms with Crippen LogP contribution in [0.5, 0.6) is 0 Å². The molecule has 2 aliphatic heterocycles. The minimum atomic E-state index is 0.174. The van der Waals surface area contributed by atoms with Crippen molar-refractivity contribution < 1.29 is 4.79 Å². The van der Waals surface area contributed by atoms with E-state index in [0.29, 0.717) is 6.54 Å². The number of benzene rings is 1. The second-order valence-corrected chi connectivity index (χ2v) is 7.83. The molecule has 4 rings (SSSR count). The van der Waals surface area contributed by atoms with Gasteiger partial charge >= 0.3 is 0 Å². The zero-order valence-electron chi connectivity index (χ0n) is 15.7. The first-order valence-corrected chi connectivity index (χ1v) is 9.70. The average molecular weight is 352 g/mol. The molecule has 2 atom stereocenters. The van der Waals surface area contributed by atoms with E-state index < -0.39 is 0 Å². The number of rotatable bonds is 3. The molecular formula is C21H28N4O. The lowest BCUT2D eigenvalue weighted by Gasteiger charge is -2.21. The first kappa shape index (κ1) is 17.3. The average Bonchev–Trinajstić information content (AvgIpc) is 3.14. The van der Waals surface area contributed by atoms with Crippen LogP contribution >= 0.6 is 0 Å². The highest BCUT2D eigenvalue weighted by Gasteiger charge is 2.31. The van der Waals surface area contributed by atoms with Crippen molar-refractivity contribution in [1.29, 1.82) is 0 Å². The summed E-state index contributed by atoms with van der Waals surface area (Å²) in [6, 6.07) is 10.1. The Kier molecular flexibility index (Phi) is 4.81. The highest BCUT2D eigenvalue weighted by atomic mass is 16.2. The van der Waals surface area contributed by atoms with Gasteiger partial charge in [-0.05, 0) is 75.4 Å². The number of nitrogens with zero attached hydrogens (tertiary/aromatic N) is 3. The number of amides is 1. The Morgan fingerprint density at radius 3 is 2.54 bits per heavy atom. The Morgan fingerprint density at radius 1 is 1.15 bits per heavy atom. The molecule has 0 bridgehead atoms. The lowest BCUT2D eigenvalue weighted by atomic mass is 9.92. The third-order valence-electron chi connectivity index (χ3n) is 5.92. The van der Waals surface area contributed by atoms with Crippen LogP contribution in [-0.4, -0.2) is 46.8 Å². The van der Waals surface area contributed by atoms with Crippen LogP contribution in [0.2, 0.25) is 0 Å². The van der Waals surface area contributed by atoms with E-state index in [1.807, 2.05) is 29.8 Å². The first-order chi connectivity index (χ1) is 12.6. The molecule has 2 saturated heterocycles. The van der Waals surface area contributed by atoms with Gasteiger partial charge in [0, 0.05) is 24.3 Å². The number of hydrogen-bond acceptors (Lipinski definition) is 3. The van der Waals surface area contributed by atoms with Gasteiger partial charge in [0.05, 0.1) is 12.2 Å². The van der Waals surface area contributed by atoms with Gasteiger partial charge in [-0.1, -0.05) is 12.1 Å². The SMILES string of the molecule is Cc1cc(C)n(Cc2cccc(C(=O)N3CC[C@@H]4CNC[C@@H]4CC3)c2)n1. The van der Waals surface area contributed by atoms with Gasteiger partial charge in [-0.25, -0.2) is 0 Å². The summed E-state index contributed by atoms with van der Waals surface area (Å²) in [5, 5.41) is 8.02. The van der Waals surface area contributed by atoms with Crippen LogP contribution in [0.25, 0.3) is 0 Å². The van der Waals surface area contributed by atoms with Crippen LogP contribution in [0.4, 0.5) is 0 Å². The summed E-state index contributed by atoms with van der Waals surface area (Å²) in [5.74, 6) is 1.66. The van der Waals surface area contributed by atoms with Crippen LogP contribution in [0.3, 0.4) is 0 Å². The standard InChI is InChI=1S/C21H28N4O/c1-15-10-16(2)25(23-15)14-17-4-3-5-18(11-17)21(26)24-8-6-19-12-22-13-20(19)7-9-24/h3-5,10-11,19-20,22H,6-9,12-14H2,1-2H3/t19-,20+. The number of nitrogens with one attached hydrogen (secondary N) is 1. The maximum absolute atomic E-state index is 13.0. The summed E-state index contributed by atoms with van der Waals surface area (Å²) in [6.45, 7) is 8.77. The minimum absolute atomic E-state index is 0.174. The van der Waals surface area contributed by atoms with E-state index in [4.69, 9.17) is 0 Å². The van der Waals surface area contributed by atoms with Gasteiger partial charge in [0.25, 0.3) is 5.91 Å². The summed E-state index contributed by atoms with van der Waals surface area (Å²) in [4.78, 5) is 15.1. The molecule has 0 radical (unpaired) electrons. The Labute approximate surface area is 155 Å². The predicted octanol–water partition coefficient (Wildman–Crippen LogP) is 2.62. The molecule has 0 unspecified atom stereocenters. The van der Waals surface area contributed by atoms with Crippen molar-refractivity contribution in [2.45, 2.75) is 33.2 Å². The normalized spacial score (nSPS) is 22.9. The van der Waals surface area contributed by atoms with E-state index in [0.717, 1.165) is 73.4 Å². The second-order valence-electron chi connectivity index (χ2n) is 7.83. The van der Waals surface area contributed by atoms with Crippen LogP contribution in [0.15, 0.2) is 30.3 Å². The Bertz CT molecular complexity index is 783. The van der Waals surface area contributed by atoms with Gasteiger partial charge < -0.3 is 10.2 Å². The molecule has 0 spiro atoms. The second kappa shape index (κ2) is 7.23. The largest absolute Gasteiger partial charge is 0.339 e. The number of fused-ring (bicyclic) bond motifs is 1. The number of likely N-dealkylation sites (tertiary alicyclic amines) is 1. The van der Waals surface area contributed by atoms with Gasteiger partial charge in [0.1, 0.15) is 0 Å². The molecule has 5 nitrogen and oxygen atoms in total. The molecule has 26 heavy (non-hydrogen) atoms. The number of aryl methyl sites for hydroxylation is 2. The Morgan fingerprint density at radius 2 is 1.88 bits per heavy atom. The van der Waals surface area contributed by atoms with Crippen molar-refractivity contribution >= 4 is 5.91 Å². The van der Waals surface area contributed by atoms with E-state index >= 15 is 0 Å². The molecule has 3 heterocycles. The summed E-state index contributed by atoms with van der Waals surface area (Å²) in [7, 11) is 0. The van der Waals surface area contributed by atoms with Crippen molar-refractivity contribution in [3.63, 3.8) is 0 Å². The maximum Gasteiger partial charge on any atom is 0.253 e. The van der Waals surface area contributed by atoms with Gasteiger partial charge in [-0.3, -0.25) is 9.48 Å². The molecule has 2 aromatic rings. The van der Waals surface area contributed by atoms with Crippen molar-refractivity contribution in [3.8, 4) is 0 Å². The molecule has 138 valence electrons. The monoisotopic (exact) mass is 352 g/mol. The van der Waals surface area contributed by atoms with Crippen LogP contribution in [-0.2, 0) is 6.54 Å². The van der Waals surface area contributed by atoms with Gasteiger partial charge in [0.2, 0.25) is 0 Å². The minimum Gasteiger partial charge on any atom is -0.339 e. The summed E-state index contributed by atoms with van der Waals surface area (Å²) < 4.78 is 2.00. The first-order valence-electron chi connectivity index (χ1n) is 9.70. The molecule has 0 saturated carbocycles. The Hall–Kier alpha value is -2.14. The fourth-order valence-electron chi connectivity index (χ4n) is 4.41. The van der Waals surface area contributed by atoms with Crippen LogP contribution in [0, 0.1) is 25.7 Å². The molecular weight excluding hydrogens is 324 g/mol. The smallest absolute Gasteiger partial charge is 0.253 e. The highest BCUT2D eigenvalue weighted by molar-refractivity contribution is 5.94. The van der Waals surface area contributed by atoms with Crippen molar-refractivity contribution in [1.82, 2.24) is 20.0 Å². The lowest BCUT2D eigenvalue weighted by molar-refractivity contribution is 0.0758. The van der Waals surface area contributed by atoms with E-state index in [-0.39, 0.29) is 5.91 Å². The predicted molar refractivity (Wildman–Crippen MR) is 102 cm³/mol. The van der Waals surface area contributed by atoms with Gasteiger partial charge in [-0.2, -0.15) is 5.10 Å². The van der Waals surface area contributed by atoms with Crippen LogP contribution < -0.4 is 5.32 Å². The maximum atomic E-state index is 13.0. The molecule has 2 aliphatic rings. The summed E-state index contributed by atoms with van der Waals surface area (Å²) in [6.07, 6.45) is 2.24. The summed E-state index contributed by atoms with van der Waals surface area (Å²) >= 11 is 0. The van der Waals surface area contributed by atoms with E-state index in [1.165, 1.54) is 0 Å². The molecule has 1 amide bonds. The van der Waals surface area contributed by atoms with Crippen molar-refractivity contribution in [2.24, 2.45) is 11.8 Å². The quantitative estimate of drug-likeness (QED) is 0.924. The topological polar surface area (TPSA) is 50.2 Å². The van der Waals surface area contributed by atoms with Crippen molar-refractivity contribution in [3.05, 3.63) is 52.8 Å². The van der Waals surface area contributed by atoms with Gasteiger partial charge in [0.15, 0.2) is 0 Å². The lowest BCUT2D eigenvalue weighted by Crippen LogP contribution is -2.32. The molecule has 1 aromatic carbocycles. The number of carbonyl (C=O) groups is 1. The van der Waals surface area contributed by atoms with E-state index in [1.54, 1.807) is 0 Å². The number of aromatic nitrogens is 2. The number of carbonyl (C=O) groups excluding carboxylic acids is 1. The molecule has 1 aromatic heterocycles. The van der Waals surface area contributed by atoms with E-state index in [2.05, 4.69) is 34.4 Å². The molecule has 5 heteroatoms. The molecule has 0 aliphatic carbocycles. The third kappa shape index (κ3) is 3.54.